The first-order valence-corrected chi connectivity index (χ1v) is 6.75. The van der Waals surface area contributed by atoms with E-state index in [-0.39, 0.29) is 18.5 Å². The number of carbonyl (C=O) groups is 2. The van der Waals surface area contributed by atoms with Crippen molar-refractivity contribution in [3.63, 3.8) is 0 Å². The van der Waals surface area contributed by atoms with Crippen molar-refractivity contribution < 1.29 is 14.3 Å². The van der Waals surface area contributed by atoms with Gasteiger partial charge in [0.25, 0.3) is 0 Å². The molecule has 0 N–H and O–H groups in total. The average Bonchev–Trinajstić information content (AvgIpc) is 2.80. The van der Waals surface area contributed by atoms with Crippen LogP contribution in [0.15, 0.2) is 48.5 Å². The van der Waals surface area contributed by atoms with Gasteiger partial charge in [0.1, 0.15) is 6.61 Å². The molecule has 2 aromatic carbocycles. The van der Waals surface area contributed by atoms with Crippen molar-refractivity contribution in [1.29, 1.82) is 0 Å². The summed E-state index contributed by atoms with van der Waals surface area (Å²) in [6.07, 6.45) is 0.339. The Labute approximate surface area is 123 Å². The van der Waals surface area contributed by atoms with Gasteiger partial charge in [0.2, 0.25) is 5.91 Å². The smallest absolute Gasteiger partial charge is 0.338 e. The van der Waals surface area contributed by atoms with Gasteiger partial charge < -0.3 is 9.64 Å². The van der Waals surface area contributed by atoms with Gasteiger partial charge in [0, 0.05) is 12.7 Å². The summed E-state index contributed by atoms with van der Waals surface area (Å²) in [4.78, 5) is 25.3. The Morgan fingerprint density at radius 3 is 2.71 bits per heavy atom. The third-order valence-electron chi connectivity index (χ3n) is 3.61. The van der Waals surface area contributed by atoms with Crippen LogP contribution in [0.25, 0.3) is 0 Å². The molecule has 106 valence electrons. The van der Waals surface area contributed by atoms with Crippen LogP contribution in [0.1, 0.15) is 21.5 Å². The summed E-state index contributed by atoms with van der Waals surface area (Å²) in [6, 6.07) is 14.8. The van der Waals surface area contributed by atoms with Crippen molar-refractivity contribution in [3.8, 4) is 0 Å². The van der Waals surface area contributed by atoms with Crippen LogP contribution in [-0.4, -0.2) is 18.9 Å². The van der Waals surface area contributed by atoms with E-state index in [2.05, 4.69) is 0 Å². The van der Waals surface area contributed by atoms with Crippen molar-refractivity contribution in [3.05, 3.63) is 65.2 Å². The van der Waals surface area contributed by atoms with Crippen molar-refractivity contribution in [2.45, 2.75) is 13.0 Å². The molecule has 1 amide bonds. The predicted octanol–water partition coefficient (Wildman–Crippen LogP) is 2.56. The fourth-order valence-corrected chi connectivity index (χ4v) is 2.40. The lowest BCUT2D eigenvalue weighted by atomic mass is 10.1. The molecule has 1 heterocycles. The SMILES string of the molecule is CN1C(=O)Cc2cc(C(=O)OCc3ccccc3)ccc21. The molecule has 2 aromatic rings. The van der Waals surface area contributed by atoms with Crippen LogP contribution >= 0.6 is 0 Å². The first kappa shape index (κ1) is 13.4. The van der Waals surface area contributed by atoms with E-state index >= 15 is 0 Å². The Kier molecular flexibility index (Phi) is 3.44. The number of hydrogen-bond acceptors (Lipinski definition) is 3. The molecule has 0 saturated heterocycles. The number of anilines is 1. The van der Waals surface area contributed by atoms with E-state index in [0.717, 1.165) is 16.8 Å². The highest BCUT2D eigenvalue weighted by atomic mass is 16.5. The van der Waals surface area contributed by atoms with Crippen LogP contribution in [0.5, 0.6) is 0 Å². The molecule has 0 unspecified atom stereocenters. The molecule has 0 bridgehead atoms. The quantitative estimate of drug-likeness (QED) is 0.812. The van der Waals surface area contributed by atoms with Crippen molar-refractivity contribution >= 4 is 17.6 Å². The van der Waals surface area contributed by atoms with Crippen LogP contribution in [0.2, 0.25) is 0 Å². The Balaban J connectivity index is 1.72. The molecular weight excluding hydrogens is 266 g/mol. The maximum absolute atomic E-state index is 12.1. The number of ether oxygens (including phenoxy) is 1. The minimum Gasteiger partial charge on any atom is -0.457 e. The number of esters is 1. The molecule has 4 nitrogen and oxygen atoms in total. The number of nitrogens with zero attached hydrogens (tertiary/aromatic N) is 1. The Hall–Kier alpha value is -2.62. The highest BCUT2D eigenvalue weighted by Crippen LogP contribution is 2.28. The maximum Gasteiger partial charge on any atom is 0.338 e. The fourth-order valence-electron chi connectivity index (χ4n) is 2.40. The van der Waals surface area contributed by atoms with E-state index in [9.17, 15) is 9.59 Å². The van der Waals surface area contributed by atoms with Gasteiger partial charge >= 0.3 is 5.97 Å². The summed E-state index contributed by atoms with van der Waals surface area (Å²) in [7, 11) is 1.74. The molecule has 1 aliphatic heterocycles. The number of fused-ring (bicyclic) bond motifs is 1. The van der Waals surface area contributed by atoms with Gasteiger partial charge in [0.05, 0.1) is 12.0 Å². The van der Waals surface area contributed by atoms with Crippen LogP contribution in [-0.2, 0) is 22.6 Å². The molecule has 4 heteroatoms. The minimum atomic E-state index is -0.372. The molecule has 0 atom stereocenters. The van der Waals surface area contributed by atoms with E-state index in [0.29, 0.717) is 12.0 Å². The molecule has 0 saturated carbocycles. The Morgan fingerprint density at radius 1 is 1.19 bits per heavy atom. The lowest BCUT2D eigenvalue weighted by Gasteiger charge is -2.10. The summed E-state index contributed by atoms with van der Waals surface area (Å²) in [5.74, 6) is -0.330. The molecule has 1 aliphatic rings. The monoisotopic (exact) mass is 281 g/mol. The van der Waals surface area contributed by atoms with Gasteiger partial charge in [-0.05, 0) is 29.3 Å². The van der Waals surface area contributed by atoms with E-state index in [1.165, 1.54) is 0 Å². The average molecular weight is 281 g/mol. The number of rotatable bonds is 3. The topological polar surface area (TPSA) is 46.6 Å². The van der Waals surface area contributed by atoms with E-state index in [1.54, 1.807) is 30.1 Å². The number of amides is 1. The van der Waals surface area contributed by atoms with E-state index in [4.69, 9.17) is 4.74 Å². The molecule has 0 radical (unpaired) electrons. The Morgan fingerprint density at radius 2 is 1.95 bits per heavy atom. The molecule has 0 aliphatic carbocycles. The zero-order valence-corrected chi connectivity index (χ0v) is 11.7. The summed E-state index contributed by atoms with van der Waals surface area (Å²) in [6.45, 7) is 0.246. The van der Waals surface area contributed by atoms with Crippen LogP contribution < -0.4 is 4.90 Å². The molecule has 3 rings (SSSR count). The van der Waals surface area contributed by atoms with Gasteiger partial charge in [-0.15, -0.1) is 0 Å². The Bertz CT molecular complexity index is 694. The minimum absolute atomic E-state index is 0.0415. The third kappa shape index (κ3) is 2.65. The highest BCUT2D eigenvalue weighted by Gasteiger charge is 2.24. The second-order valence-electron chi connectivity index (χ2n) is 5.03. The second kappa shape index (κ2) is 5.40. The van der Waals surface area contributed by atoms with Gasteiger partial charge in [0.15, 0.2) is 0 Å². The van der Waals surface area contributed by atoms with Crippen molar-refractivity contribution in [1.82, 2.24) is 0 Å². The number of benzene rings is 2. The van der Waals surface area contributed by atoms with Crippen molar-refractivity contribution in [2.24, 2.45) is 0 Å². The lowest BCUT2D eigenvalue weighted by Crippen LogP contribution is -2.20. The fraction of sp³-hybridized carbons (Fsp3) is 0.176. The number of likely N-dealkylation sites (N-methyl/N-ethyl adjacent to an activating group) is 1. The van der Waals surface area contributed by atoms with Gasteiger partial charge in [-0.1, -0.05) is 30.3 Å². The lowest BCUT2D eigenvalue weighted by molar-refractivity contribution is -0.117. The molecule has 0 fully saturated rings. The maximum atomic E-state index is 12.1. The van der Waals surface area contributed by atoms with Gasteiger partial charge in [-0.2, -0.15) is 0 Å². The van der Waals surface area contributed by atoms with Gasteiger partial charge in [-0.25, -0.2) is 4.79 Å². The zero-order chi connectivity index (χ0) is 14.8. The van der Waals surface area contributed by atoms with Crippen LogP contribution in [0, 0.1) is 0 Å². The molecule has 0 spiro atoms. The first-order valence-electron chi connectivity index (χ1n) is 6.75. The van der Waals surface area contributed by atoms with E-state index < -0.39 is 0 Å². The predicted molar refractivity (Wildman–Crippen MR) is 79.1 cm³/mol. The molecule has 21 heavy (non-hydrogen) atoms. The first-order chi connectivity index (χ1) is 10.1. The molecular formula is C17H15NO3. The number of carbonyl (C=O) groups excluding carboxylic acids is 2. The van der Waals surface area contributed by atoms with Crippen molar-refractivity contribution in [2.75, 3.05) is 11.9 Å². The standard InChI is InChI=1S/C17H15NO3/c1-18-15-8-7-13(9-14(15)10-16(18)19)17(20)21-11-12-5-3-2-4-6-12/h2-9H,10-11H2,1H3. The normalized spacial score (nSPS) is 13.2. The molecule has 0 aromatic heterocycles. The van der Waals surface area contributed by atoms with Crippen LogP contribution in [0.4, 0.5) is 5.69 Å². The zero-order valence-electron chi connectivity index (χ0n) is 11.7. The number of hydrogen-bond donors (Lipinski definition) is 0. The van der Waals surface area contributed by atoms with E-state index in [1.807, 2.05) is 30.3 Å². The summed E-state index contributed by atoms with van der Waals surface area (Å²) in [5.41, 5.74) is 3.16. The third-order valence-corrected chi connectivity index (χ3v) is 3.61. The highest BCUT2D eigenvalue weighted by molar-refractivity contribution is 6.02. The summed E-state index contributed by atoms with van der Waals surface area (Å²) >= 11 is 0. The van der Waals surface area contributed by atoms with Gasteiger partial charge in [-0.3, -0.25) is 4.79 Å². The summed E-state index contributed by atoms with van der Waals surface area (Å²) < 4.78 is 5.29. The second-order valence-corrected chi connectivity index (χ2v) is 5.03. The largest absolute Gasteiger partial charge is 0.457 e. The van der Waals surface area contributed by atoms with Crippen LogP contribution in [0.3, 0.4) is 0 Å². The summed E-state index contributed by atoms with van der Waals surface area (Å²) in [5, 5.41) is 0.